The Morgan fingerprint density at radius 3 is 2.70 bits per heavy atom. The van der Waals surface area contributed by atoms with Crippen molar-refractivity contribution in [1.29, 1.82) is 5.26 Å². The van der Waals surface area contributed by atoms with Crippen LogP contribution >= 0.6 is 0 Å². The molecule has 0 saturated heterocycles. The predicted molar refractivity (Wildman–Crippen MR) is 76.1 cm³/mol. The third-order valence-corrected chi connectivity index (χ3v) is 4.05. The van der Waals surface area contributed by atoms with Crippen molar-refractivity contribution in [1.82, 2.24) is 5.32 Å². The van der Waals surface area contributed by atoms with Crippen molar-refractivity contribution >= 4 is 5.97 Å². The lowest BCUT2D eigenvalue weighted by atomic mass is 9.85. The van der Waals surface area contributed by atoms with Gasteiger partial charge in [-0.25, -0.2) is 0 Å². The maximum atomic E-state index is 11.1. The highest BCUT2D eigenvalue weighted by atomic mass is 16.4. The fourth-order valence-electron chi connectivity index (χ4n) is 2.86. The Morgan fingerprint density at radius 1 is 1.40 bits per heavy atom. The maximum absolute atomic E-state index is 11.1. The number of hydrogen-bond acceptors (Lipinski definition) is 3. The highest BCUT2D eigenvalue weighted by molar-refractivity contribution is 5.70. The zero-order chi connectivity index (χ0) is 14.5. The Bertz CT molecular complexity index is 504. The molecule has 106 valence electrons. The highest BCUT2D eigenvalue weighted by Crippen LogP contribution is 2.26. The molecule has 1 aromatic rings. The largest absolute Gasteiger partial charge is 0.481 e. The molecule has 3 atom stereocenters. The van der Waals surface area contributed by atoms with E-state index in [0.717, 1.165) is 24.8 Å². The van der Waals surface area contributed by atoms with E-state index in [0.29, 0.717) is 12.0 Å². The van der Waals surface area contributed by atoms with Gasteiger partial charge in [-0.2, -0.15) is 5.26 Å². The second kappa shape index (κ2) is 6.53. The molecule has 2 N–H and O–H groups in total. The molecule has 1 aliphatic rings. The fourth-order valence-corrected chi connectivity index (χ4v) is 2.86. The maximum Gasteiger partial charge on any atom is 0.306 e. The van der Waals surface area contributed by atoms with Gasteiger partial charge in [-0.3, -0.25) is 4.79 Å². The van der Waals surface area contributed by atoms with Crippen LogP contribution in [-0.2, 0) is 4.79 Å². The number of nitriles is 1. The molecule has 0 aliphatic heterocycles. The van der Waals surface area contributed by atoms with Gasteiger partial charge in [0.15, 0.2) is 0 Å². The Labute approximate surface area is 119 Å². The Morgan fingerprint density at radius 2 is 2.10 bits per heavy atom. The summed E-state index contributed by atoms with van der Waals surface area (Å²) in [5.74, 6) is -0.892. The van der Waals surface area contributed by atoms with Crippen LogP contribution < -0.4 is 5.32 Å². The van der Waals surface area contributed by atoms with Gasteiger partial charge in [-0.1, -0.05) is 18.6 Å². The first-order valence-electron chi connectivity index (χ1n) is 7.09. The van der Waals surface area contributed by atoms with Crippen LogP contribution in [0.1, 0.15) is 49.8 Å². The average Bonchev–Trinajstić information content (AvgIpc) is 2.47. The van der Waals surface area contributed by atoms with Crippen LogP contribution in [-0.4, -0.2) is 17.1 Å². The molecule has 1 saturated carbocycles. The number of carboxylic acids is 1. The van der Waals surface area contributed by atoms with Gasteiger partial charge in [0.1, 0.15) is 0 Å². The first kappa shape index (κ1) is 14.5. The van der Waals surface area contributed by atoms with Crippen LogP contribution in [0.5, 0.6) is 0 Å². The summed E-state index contributed by atoms with van der Waals surface area (Å²) in [6.45, 7) is 2.08. The lowest BCUT2D eigenvalue weighted by Crippen LogP contribution is -2.37. The summed E-state index contributed by atoms with van der Waals surface area (Å²) < 4.78 is 0. The van der Waals surface area contributed by atoms with E-state index in [1.165, 1.54) is 0 Å². The summed E-state index contributed by atoms with van der Waals surface area (Å²) in [5.41, 5.74) is 1.78. The first-order valence-corrected chi connectivity index (χ1v) is 7.09. The van der Waals surface area contributed by atoms with E-state index in [9.17, 15) is 4.79 Å². The Balaban J connectivity index is 1.94. The van der Waals surface area contributed by atoms with Gasteiger partial charge < -0.3 is 10.4 Å². The van der Waals surface area contributed by atoms with E-state index in [1.54, 1.807) is 0 Å². The van der Waals surface area contributed by atoms with E-state index in [4.69, 9.17) is 10.4 Å². The summed E-state index contributed by atoms with van der Waals surface area (Å²) in [4.78, 5) is 11.1. The van der Waals surface area contributed by atoms with Crippen LogP contribution in [0.15, 0.2) is 24.3 Å². The van der Waals surface area contributed by atoms with E-state index in [1.807, 2.05) is 24.3 Å². The van der Waals surface area contributed by atoms with E-state index < -0.39 is 5.97 Å². The summed E-state index contributed by atoms with van der Waals surface area (Å²) in [6.07, 6.45) is 3.49. The van der Waals surface area contributed by atoms with E-state index >= 15 is 0 Å². The third kappa shape index (κ3) is 3.58. The molecule has 1 aliphatic carbocycles. The predicted octanol–water partition coefficient (Wildman–Crippen LogP) is 2.85. The number of nitrogens with one attached hydrogen (secondary N) is 1. The minimum Gasteiger partial charge on any atom is -0.481 e. The molecule has 4 heteroatoms. The molecule has 0 spiro atoms. The van der Waals surface area contributed by atoms with Gasteiger partial charge in [0.25, 0.3) is 0 Å². The molecule has 1 aromatic carbocycles. The van der Waals surface area contributed by atoms with Crippen molar-refractivity contribution in [2.24, 2.45) is 5.92 Å². The number of carbonyl (C=O) groups is 1. The summed E-state index contributed by atoms with van der Waals surface area (Å²) in [7, 11) is 0. The van der Waals surface area contributed by atoms with Gasteiger partial charge in [0.2, 0.25) is 0 Å². The second-order valence-corrected chi connectivity index (χ2v) is 5.52. The van der Waals surface area contributed by atoms with Crippen molar-refractivity contribution in [3.05, 3.63) is 35.4 Å². The molecular formula is C16H20N2O2. The zero-order valence-electron chi connectivity index (χ0n) is 11.7. The van der Waals surface area contributed by atoms with Crippen molar-refractivity contribution in [3.8, 4) is 6.07 Å². The van der Waals surface area contributed by atoms with Crippen molar-refractivity contribution in [3.63, 3.8) is 0 Å². The lowest BCUT2D eigenvalue weighted by Gasteiger charge is -2.30. The van der Waals surface area contributed by atoms with Gasteiger partial charge >= 0.3 is 5.97 Å². The summed E-state index contributed by atoms with van der Waals surface area (Å²) in [5, 5.41) is 21.4. The summed E-state index contributed by atoms with van der Waals surface area (Å²) >= 11 is 0. The van der Waals surface area contributed by atoms with E-state index in [-0.39, 0.29) is 18.0 Å². The van der Waals surface area contributed by atoms with Gasteiger partial charge in [-0.15, -0.1) is 0 Å². The molecule has 0 aromatic heterocycles. The number of nitrogens with zero attached hydrogens (tertiary/aromatic N) is 1. The van der Waals surface area contributed by atoms with Gasteiger partial charge in [0.05, 0.1) is 17.6 Å². The minimum atomic E-state index is -0.678. The van der Waals surface area contributed by atoms with Crippen LogP contribution in [0.3, 0.4) is 0 Å². The fraction of sp³-hybridized carbons (Fsp3) is 0.500. The Kier molecular flexibility index (Phi) is 4.75. The molecule has 1 fully saturated rings. The number of hydrogen-bond donors (Lipinski definition) is 2. The molecule has 20 heavy (non-hydrogen) atoms. The monoisotopic (exact) mass is 272 g/mol. The van der Waals surface area contributed by atoms with Gasteiger partial charge in [-0.05, 0) is 43.9 Å². The average molecular weight is 272 g/mol. The van der Waals surface area contributed by atoms with Crippen molar-refractivity contribution in [2.75, 3.05) is 0 Å². The molecule has 4 nitrogen and oxygen atoms in total. The standard InChI is InChI=1S/C16H20N2O2/c1-11(13-7-5-12(10-17)6-8-13)18-15-4-2-3-14(9-15)16(19)20/h5-8,11,14-15,18H,2-4,9H2,1H3,(H,19,20). The molecule has 2 rings (SSSR count). The molecule has 0 bridgehead atoms. The summed E-state index contributed by atoms with van der Waals surface area (Å²) in [6, 6.07) is 10.1. The van der Waals surface area contributed by atoms with Crippen LogP contribution in [0.4, 0.5) is 0 Å². The number of rotatable bonds is 4. The normalized spacial score (nSPS) is 23.8. The SMILES string of the molecule is CC(NC1CCCC(C(=O)O)C1)c1ccc(C#N)cc1. The Hall–Kier alpha value is -1.86. The van der Waals surface area contributed by atoms with Crippen molar-refractivity contribution < 1.29 is 9.90 Å². The molecular weight excluding hydrogens is 252 g/mol. The third-order valence-electron chi connectivity index (χ3n) is 4.05. The number of aliphatic carboxylic acids is 1. The lowest BCUT2D eigenvalue weighted by molar-refractivity contribution is -0.143. The quantitative estimate of drug-likeness (QED) is 0.884. The molecule has 3 unspecified atom stereocenters. The topological polar surface area (TPSA) is 73.1 Å². The minimum absolute atomic E-state index is 0.167. The highest BCUT2D eigenvalue weighted by Gasteiger charge is 2.27. The smallest absolute Gasteiger partial charge is 0.306 e. The molecule has 0 heterocycles. The van der Waals surface area contributed by atoms with Gasteiger partial charge in [0, 0.05) is 12.1 Å². The van der Waals surface area contributed by atoms with Crippen molar-refractivity contribution in [2.45, 2.75) is 44.7 Å². The number of benzene rings is 1. The first-order chi connectivity index (χ1) is 9.60. The van der Waals surface area contributed by atoms with Crippen LogP contribution in [0.2, 0.25) is 0 Å². The van der Waals surface area contributed by atoms with Crippen LogP contribution in [0, 0.1) is 17.2 Å². The molecule has 0 amide bonds. The number of carboxylic acid groups (broad SMARTS) is 1. The zero-order valence-corrected chi connectivity index (χ0v) is 11.7. The molecule has 0 radical (unpaired) electrons. The second-order valence-electron chi connectivity index (χ2n) is 5.52. The van der Waals surface area contributed by atoms with Crippen LogP contribution in [0.25, 0.3) is 0 Å². The van der Waals surface area contributed by atoms with E-state index in [2.05, 4.69) is 18.3 Å².